The summed E-state index contributed by atoms with van der Waals surface area (Å²) in [5, 5.41) is 3.27. The van der Waals surface area contributed by atoms with Gasteiger partial charge in [0.1, 0.15) is 0 Å². The molecule has 1 aliphatic heterocycles. The van der Waals surface area contributed by atoms with Gasteiger partial charge in [0, 0.05) is 24.7 Å². The van der Waals surface area contributed by atoms with Crippen LogP contribution >= 0.6 is 0 Å². The van der Waals surface area contributed by atoms with Crippen LogP contribution in [0.2, 0.25) is 0 Å². The third-order valence-corrected chi connectivity index (χ3v) is 5.45. The van der Waals surface area contributed by atoms with Crippen LogP contribution in [-0.4, -0.2) is 35.8 Å². The molecule has 2 fully saturated rings. The Morgan fingerprint density at radius 1 is 1.12 bits per heavy atom. The molecular weight excluding hydrogens is 314 g/mol. The van der Waals surface area contributed by atoms with Crippen molar-refractivity contribution in [3.05, 3.63) is 35.4 Å². The average Bonchev–Trinajstić information content (AvgIpc) is 2.63. The summed E-state index contributed by atoms with van der Waals surface area (Å²) in [6.45, 7) is 2.54. The zero-order chi connectivity index (χ0) is 17.6. The molecule has 2 aliphatic rings. The standard InChI is InChI=1S/C20H29N3O2/c21-19(24)16-7-4-6-15(12-16)13-23-11-5-8-17(14-23)20(25)22-18-9-2-1-3-10-18/h4,6-7,12,17-18H,1-3,5,8-11,13-14H2,(H2,21,24)(H,22,25). The number of benzene rings is 1. The van der Waals surface area contributed by atoms with E-state index in [2.05, 4.69) is 10.2 Å². The van der Waals surface area contributed by atoms with Gasteiger partial charge in [0.2, 0.25) is 11.8 Å². The SMILES string of the molecule is NC(=O)c1cccc(CN2CCCC(C(=O)NC3CCCCC3)C2)c1. The number of nitrogens with one attached hydrogen (secondary N) is 1. The van der Waals surface area contributed by atoms with E-state index >= 15 is 0 Å². The normalized spacial score (nSPS) is 22.5. The minimum Gasteiger partial charge on any atom is -0.366 e. The Balaban J connectivity index is 1.54. The van der Waals surface area contributed by atoms with Gasteiger partial charge >= 0.3 is 0 Å². The highest BCUT2D eigenvalue weighted by molar-refractivity contribution is 5.92. The summed E-state index contributed by atoms with van der Waals surface area (Å²) >= 11 is 0. The Morgan fingerprint density at radius 2 is 1.92 bits per heavy atom. The van der Waals surface area contributed by atoms with Gasteiger partial charge in [-0.2, -0.15) is 0 Å². The second-order valence-electron chi connectivity index (χ2n) is 7.48. The lowest BCUT2D eigenvalue weighted by molar-refractivity contribution is -0.127. The lowest BCUT2D eigenvalue weighted by Gasteiger charge is -2.33. The summed E-state index contributed by atoms with van der Waals surface area (Å²) in [6, 6.07) is 7.85. The van der Waals surface area contributed by atoms with Crippen molar-refractivity contribution in [1.82, 2.24) is 10.2 Å². The van der Waals surface area contributed by atoms with E-state index in [9.17, 15) is 9.59 Å². The molecule has 1 aromatic carbocycles. The number of rotatable bonds is 5. The lowest BCUT2D eigenvalue weighted by atomic mass is 9.93. The highest BCUT2D eigenvalue weighted by atomic mass is 16.2. The first-order valence-electron chi connectivity index (χ1n) is 9.53. The van der Waals surface area contributed by atoms with Crippen LogP contribution < -0.4 is 11.1 Å². The Hall–Kier alpha value is -1.88. The summed E-state index contributed by atoms with van der Waals surface area (Å²) in [5.41, 5.74) is 6.98. The van der Waals surface area contributed by atoms with Crippen LogP contribution in [0.1, 0.15) is 60.9 Å². The van der Waals surface area contributed by atoms with Crippen LogP contribution in [-0.2, 0) is 11.3 Å². The molecule has 1 unspecified atom stereocenters. The number of likely N-dealkylation sites (tertiary alicyclic amines) is 1. The molecule has 1 aliphatic carbocycles. The summed E-state index contributed by atoms with van der Waals surface area (Å²) in [5.74, 6) is -0.0947. The number of nitrogens with two attached hydrogens (primary N) is 1. The van der Waals surface area contributed by atoms with Crippen molar-refractivity contribution >= 4 is 11.8 Å². The molecule has 3 rings (SSSR count). The molecule has 1 saturated carbocycles. The van der Waals surface area contributed by atoms with E-state index < -0.39 is 5.91 Å². The molecule has 0 bridgehead atoms. The van der Waals surface area contributed by atoms with Crippen LogP contribution in [0.4, 0.5) is 0 Å². The number of piperidine rings is 1. The van der Waals surface area contributed by atoms with Crippen molar-refractivity contribution in [3.8, 4) is 0 Å². The summed E-state index contributed by atoms with van der Waals surface area (Å²) in [4.78, 5) is 26.3. The fourth-order valence-electron chi connectivity index (χ4n) is 4.06. The van der Waals surface area contributed by atoms with Crippen LogP contribution in [0.5, 0.6) is 0 Å². The predicted molar refractivity (Wildman–Crippen MR) is 98.0 cm³/mol. The van der Waals surface area contributed by atoms with E-state index in [1.54, 1.807) is 6.07 Å². The number of amides is 2. The number of hydrogen-bond donors (Lipinski definition) is 2. The van der Waals surface area contributed by atoms with Gasteiger partial charge < -0.3 is 11.1 Å². The molecule has 136 valence electrons. The van der Waals surface area contributed by atoms with Gasteiger partial charge in [0.25, 0.3) is 0 Å². The van der Waals surface area contributed by atoms with Gasteiger partial charge in [-0.25, -0.2) is 0 Å². The third-order valence-electron chi connectivity index (χ3n) is 5.45. The molecule has 1 aromatic rings. The van der Waals surface area contributed by atoms with Crippen molar-refractivity contribution in [2.45, 2.75) is 57.5 Å². The van der Waals surface area contributed by atoms with Gasteiger partial charge in [-0.05, 0) is 49.9 Å². The molecule has 1 atom stereocenters. The second-order valence-corrected chi connectivity index (χ2v) is 7.48. The topological polar surface area (TPSA) is 75.4 Å². The number of nitrogens with zero attached hydrogens (tertiary/aromatic N) is 1. The fraction of sp³-hybridized carbons (Fsp3) is 0.600. The second kappa shape index (κ2) is 8.48. The van der Waals surface area contributed by atoms with Crippen LogP contribution in [0, 0.1) is 5.92 Å². The van der Waals surface area contributed by atoms with Crippen LogP contribution in [0.25, 0.3) is 0 Å². The van der Waals surface area contributed by atoms with Gasteiger partial charge in [-0.3, -0.25) is 14.5 Å². The smallest absolute Gasteiger partial charge is 0.248 e. The average molecular weight is 343 g/mol. The van der Waals surface area contributed by atoms with E-state index in [4.69, 9.17) is 5.73 Å². The van der Waals surface area contributed by atoms with E-state index in [1.807, 2.05) is 18.2 Å². The van der Waals surface area contributed by atoms with Crippen molar-refractivity contribution in [3.63, 3.8) is 0 Å². The molecule has 25 heavy (non-hydrogen) atoms. The van der Waals surface area contributed by atoms with Gasteiger partial charge in [-0.15, -0.1) is 0 Å². The van der Waals surface area contributed by atoms with Crippen molar-refractivity contribution in [2.24, 2.45) is 11.7 Å². The molecule has 0 radical (unpaired) electrons. The Bertz CT molecular complexity index is 611. The molecule has 1 heterocycles. The molecule has 3 N–H and O–H groups in total. The van der Waals surface area contributed by atoms with Crippen LogP contribution in [0.3, 0.4) is 0 Å². The summed E-state index contributed by atoms with van der Waals surface area (Å²) in [6.07, 6.45) is 8.03. The largest absolute Gasteiger partial charge is 0.366 e. The number of carbonyl (C=O) groups excluding carboxylic acids is 2. The van der Waals surface area contributed by atoms with Gasteiger partial charge in [0.15, 0.2) is 0 Å². The van der Waals surface area contributed by atoms with Crippen molar-refractivity contribution < 1.29 is 9.59 Å². The highest BCUT2D eigenvalue weighted by Gasteiger charge is 2.27. The maximum atomic E-state index is 12.6. The molecule has 5 nitrogen and oxygen atoms in total. The van der Waals surface area contributed by atoms with Crippen molar-refractivity contribution in [2.75, 3.05) is 13.1 Å². The fourth-order valence-corrected chi connectivity index (χ4v) is 4.06. The maximum Gasteiger partial charge on any atom is 0.248 e. The Labute approximate surface area is 150 Å². The van der Waals surface area contributed by atoms with E-state index in [0.717, 1.165) is 50.9 Å². The van der Waals surface area contributed by atoms with Crippen molar-refractivity contribution in [1.29, 1.82) is 0 Å². The molecule has 2 amide bonds. The first-order valence-corrected chi connectivity index (χ1v) is 9.53. The minimum absolute atomic E-state index is 0.0787. The molecule has 0 spiro atoms. The third kappa shape index (κ3) is 5.05. The first kappa shape index (κ1) is 17.9. The summed E-state index contributed by atoms with van der Waals surface area (Å²) in [7, 11) is 0. The van der Waals surface area contributed by atoms with Crippen LogP contribution in [0.15, 0.2) is 24.3 Å². The number of primary amides is 1. The minimum atomic E-state index is -0.398. The van der Waals surface area contributed by atoms with E-state index in [1.165, 1.54) is 19.3 Å². The van der Waals surface area contributed by atoms with Gasteiger partial charge in [0.05, 0.1) is 5.92 Å². The maximum absolute atomic E-state index is 12.6. The van der Waals surface area contributed by atoms with Gasteiger partial charge in [-0.1, -0.05) is 31.4 Å². The van der Waals surface area contributed by atoms with E-state index in [0.29, 0.717) is 11.6 Å². The monoisotopic (exact) mass is 343 g/mol. The predicted octanol–water partition coefficient (Wildman–Crippen LogP) is 2.45. The van der Waals surface area contributed by atoms with E-state index in [-0.39, 0.29) is 11.8 Å². The molecule has 5 heteroatoms. The lowest BCUT2D eigenvalue weighted by Crippen LogP contribution is -2.46. The molecule has 1 saturated heterocycles. The Morgan fingerprint density at radius 3 is 2.68 bits per heavy atom. The highest BCUT2D eigenvalue weighted by Crippen LogP contribution is 2.22. The number of carbonyl (C=O) groups is 2. The zero-order valence-electron chi connectivity index (χ0n) is 14.9. The first-order chi connectivity index (χ1) is 12.1. The molecular formula is C20H29N3O2. The zero-order valence-corrected chi connectivity index (χ0v) is 14.9. The quantitative estimate of drug-likeness (QED) is 0.862. The Kier molecular flexibility index (Phi) is 6.08. The number of hydrogen-bond acceptors (Lipinski definition) is 3. The molecule has 0 aromatic heterocycles. The summed E-state index contributed by atoms with van der Waals surface area (Å²) < 4.78 is 0.